The van der Waals surface area contributed by atoms with Gasteiger partial charge in [0.25, 0.3) is 0 Å². The van der Waals surface area contributed by atoms with E-state index in [0.717, 1.165) is 5.39 Å². The first kappa shape index (κ1) is 17.8. The van der Waals surface area contributed by atoms with Gasteiger partial charge in [0.1, 0.15) is 11.5 Å². The van der Waals surface area contributed by atoms with Crippen LogP contribution in [-0.2, 0) is 4.79 Å². The molecular weight excluding hydrogens is 356 g/mol. The minimum atomic E-state index is -0.193. The van der Waals surface area contributed by atoms with E-state index in [1.165, 1.54) is 6.92 Å². The summed E-state index contributed by atoms with van der Waals surface area (Å²) in [6.07, 6.45) is 1.65. The van der Waals surface area contributed by atoms with Gasteiger partial charge in [-0.3, -0.25) is 9.78 Å². The Morgan fingerprint density at radius 2 is 1.77 bits per heavy atom. The first-order chi connectivity index (χ1) is 12.5. The number of fused-ring (bicyclic) bond motifs is 1. The molecule has 6 nitrogen and oxygen atoms in total. The molecule has 26 heavy (non-hydrogen) atoms. The predicted octanol–water partition coefficient (Wildman–Crippen LogP) is 4.66. The lowest BCUT2D eigenvalue weighted by molar-refractivity contribution is -0.114. The molecule has 0 unspecified atom stereocenters. The molecule has 0 radical (unpaired) electrons. The highest BCUT2D eigenvalue weighted by Gasteiger charge is 2.12. The van der Waals surface area contributed by atoms with Gasteiger partial charge in [-0.25, -0.2) is 0 Å². The van der Waals surface area contributed by atoms with Crippen LogP contribution in [0, 0.1) is 0 Å². The third-order valence-corrected chi connectivity index (χ3v) is 4.00. The minimum absolute atomic E-state index is 0.193. The van der Waals surface area contributed by atoms with Crippen LogP contribution in [0.25, 0.3) is 10.9 Å². The van der Waals surface area contributed by atoms with E-state index in [-0.39, 0.29) is 5.91 Å². The second-order valence-electron chi connectivity index (χ2n) is 5.46. The second kappa shape index (κ2) is 7.49. The zero-order valence-electron chi connectivity index (χ0n) is 14.5. The molecule has 3 rings (SSSR count). The summed E-state index contributed by atoms with van der Waals surface area (Å²) >= 11 is 6.20. The van der Waals surface area contributed by atoms with Crippen LogP contribution in [-0.4, -0.2) is 25.1 Å². The van der Waals surface area contributed by atoms with Crippen molar-refractivity contribution < 1.29 is 19.0 Å². The topological polar surface area (TPSA) is 69.7 Å². The number of ether oxygens (including phenoxy) is 3. The molecule has 134 valence electrons. The smallest absolute Gasteiger partial charge is 0.221 e. The SMILES string of the molecule is COc1cc2nccc(Oc3ccc(NC(C)=O)c(Cl)c3)c2cc1OC. The molecule has 1 amide bonds. The fraction of sp³-hybridized carbons (Fsp3) is 0.158. The normalized spacial score (nSPS) is 10.5. The lowest BCUT2D eigenvalue weighted by Gasteiger charge is -2.13. The third-order valence-electron chi connectivity index (χ3n) is 3.69. The van der Waals surface area contributed by atoms with Crippen LogP contribution in [0.5, 0.6) is 23.0 Å². The third kappa shape index (κ3) is 3.65. The van der Waals surface area contributed by atoms with Gasteiger partial charge in [0, 0.05) is 30.6 Å². The number of aromatic nitrogens is 1. The Balaban J connectivity index is 1.98. The number of carbonyl (C=O) groups excluding carboxylic acids is 1. The van der Waals surface area contributed by atoms with Crippen LogP contribution in [0.2, 0.25) is 5.02 Å². The molecule has 3 aromatic rings. The van der Waals surface area contributed by atoms with E-state index < -0.39 is 0 Å². The monoisotopic (exact) mass is 372 g/mol. The van der Waals surface area contributed by atoms with Gasteiger partial charge in [-0.2, -0.15) is 0 Å². The van der Waals surface area contributed by atoms with Crippen LogP contribution in [0.15, 0.2) is 42.6 Å². The molecule has 0 saturated carbocycles. The van der Waals surface area contributed by atoms with Crippen LogP contribution in [0.3, 0.4) is 0 Å². The van der Waals surface area contributed by atoms with E-state index in [1.54, 1.807) is 50.7 Å². The molecule has 0 saturated heterocycles. The maximum atomic E-state index is 11.2. The van der Waals surface area contributed by atoms with E-state index >= 15 is 0 Å². The van der Waals surface area contributed by atoms with Crippen molar-refractivity contribution in [2.45, 2.75) is 6.92 Å². The zero-order valence-corrected chi connectivity index (χ0v) is 15.3. The quantitative estimate of drug-likeness (QED) is 0.705. The fourth-order valence-corrected chi connectivity index (χ4v) is 2.73. The molecule has 0 fully saturated rings. The molecule has 7 heteroatoms. The van der Waals surface area contributed by atoms with Crippen molar-refractivity contribution in [3.05, 3.63) is 47.6 Å². The zero-order chi connectivity index (χ0) is 18.7. The summed E-state index contributed by atoms with van der Waals surface area (Å²) < 4.78 is 16.6. The van der Waals surface area contributed by atoms with Crippen LogP contribution in [0.1, 0.15) is 6.92 Å². The first-order valence-electron chi connectivity index (χ1n) is 7.77. The summed E-state index contributed by atoms with van der Waals surface area (Å²) in [6.45, 7) is 1.42. The summed E-state index contributed by atoms with van der Waals surface area (Å²) in [4.78, 5) is 15.5. The lowest BCUT2D eigenvalue weighted by Crippen LogP contribution is -2.06. The molecular formula is C19H17ClN2O4. The number of rotatable bonds is 5. The number of anilines is 1. The Labute approximate surface area is 155 Å². The highest BCUT2D eigenvalue weighted by molar-refractivity contribution is 6.33. The maximum absolute atomic E-state index is 11.2. The van der Waals surface area contributed by atoms with Crippen molar-refractivity contribution >= 4 is 34.1 Å². The number of benzene rings is 2. The molecule has 0 spiro atoms. The number of hydrogen-bond acceptors (Lipinski definition) is 5. The van der Waals surface area contributed by atoms with Crippen LogP contribution in [0.4, 0.5) is 5.69 Å². The van der Waals surface area contributed by atoms with Gasteiger partial charge in [0.05, 0.1) is 30.4 Å². The Hall–Kier alpha value is -2.99. The average molecular weight is 373 g/mol. The summed E-state index contributed by atoms with van der Waals surface area (Å²) in [5.41, 5.74) is 1.23. The summed E-state index contributed by atoms with van der Waals surface area (Å²) in [5, 5.41) is 3.81. The van der Waals surface area contributed by atoms with Crippen molar-refractivity contribution in [3.63, 3.8) is 0 Å². The average Bonchev–Trinajstić information content (AvgIpc) is 2.62. The molecule has 1 N–H and O–H groups in total. The van der Waals surface area contributed by atoms with Gasteiger partial charge in [0.2, 0.25) is 5.91 Å². The van der Waals surface area contributed by atoms with Gasteiger partial charge >= 0.3 is 0 Å². The van der Waals surface area contributed by atoms with Crippen LogP contribution >= 0.6 is 11.6 Å². The first-order valence-corrected chi connectivity index (χ1v) is 8.15. The summed E-state index contributed by atoms with van der Waals surface area (Å²) in [6, 6.07) is 10.4. The molecule has 0 aliphatic rings. The number of pyridine rings is 1. The largest absolute Gasteiger partial charge is 0.493 e. The number of halogens is 1. The molecule has 2 aromatic carbocycles. The Morgan fingerprint density at radius 1 is 1.04 bits per heavy atom. The van der Waals surface area contributed by atoms with E-state index in [9.17, 15) is 4.79 Å². The van der Waals surface area contributed by atoms with Gasteiger partial charge in [-0.1, -0.05) is 11.6 Å². The molecule has 1 heterocycles. The second-order valence-corrected chi connectivity index (χ2v) is 5.87. The van der Waals surface area contributed by atoms with Gasteiger partial charge < -0.3 is 19.5 Å². The Bertz CT molecular complexity index is 975. The van der Waals surface area contributed by atoms with Gasteiger partial charge in [-0.05, 0) is 24.3 Å². The number of nitrogens with zero attached hydrogens (tertiary/aromatic N) is 1. The summed E-state index contributed by atoms with van der Waals surface area (Å²) in [5.74, 6) is 2.11. The van der Waals surface area contributed by atoms with Crippen LogP contribution < -0.4 is 19.5 Å². The standard InChI is InChI=1S/C19H17ClN2O4/c1-11(23)22-15-5-4-12(8-14(15)20)26-17-6-7-21-16-10-19(25-3)18(24-2)9-13(16)17/h4-10H,1-3H3,(H,22,23). The molecule has 1 aromatic heterocycles. The number of carbonyl (C=O) groups is 1. The molecule has 0 bridgehead atoms. The number of methoxy groups -OCH3 is 2. The van der Waals surface area contributed by atoms with E-state index in [2.05, 4.69) is 10.3 Å². The van der Waals surface area contributed by atoms with E-state index in [0.29, 0.717) is 39.2 Å². The lowest BCUT2D eigenvalue weighted by atomic mass is 10.2. The number of hydrogen-bond donors (Lipinski definition) is 1. The van der Waals surface area contributed by atoms with Crippen molar-refractivity contribution in [3.8, 4) is 23.0 Å². The van der Waals surface area contributed by atoms with Crippen molar-refractivity contribution in [1.29, 1.82) is 0 Å². The Morgan fingerprint density at radius 3 is 2.42 bits per heavy atom. The highest BCUT2D eigenvalue weighted by atomic mass is 35.5. The van der Waals surface area contributed by atoms with Crippen molar-refractivity contribution in [2.75, 3.05) is 19.5 Å². The van der Waals surface area contributed by atoms with E-state index in [4.69, 9.17) is 25.8 Å². The predicted molar refractivity (Wildman–Crippen MR) is 101 cm³/mol. The van der Waals surface area contributed by atoms with E-state index in [1.807, 2.05) is 6.07 Å². The molecule has 0 atom stereocenters. The van der Waals surface area contributed by atoms with Crippen molar-refractivity contribution in [2.24, 2.45) is 0 Å². The fourth-order valence-electron chi connectivity index (χ4n) is 2.51. The van der Waals surface area contributed by atoms with Gasteiger partial charge in [-0.15, -0.1) is 0 Å². The van der Waals surface area contributed by atoms with Crippen molar-refractivity contribution in [1.82, 2.24) is 4.98 Å². The Kier molecular flexibility index (Phi) is 5.14. The maximum Gasteiger partial charge on any atom is 0.221 e. The van der Waals surface area contributed by atoms with Gasteiger partial charge in [0.15, 0.2) is 11.5 Å². The highest BCUT2D eigenvalue weighted by Crippen LogP contribution is 2.37. The summed E-state index contributed by atoms with van der Waals surface area (Å²) in [7, 11) is 3.14. The number of amides is 1. The molecule has 0 aliphatic heterocycles. The minimum Gasteiger partial charge on any atom is -0.493 e. The number of nitrogens with one attached hydrogen (secondary N) is 1. The molecule has 0 aliphatic carbocycles.